The molecule has 1 atom stereocenters. The first-order valence-corrected chi connectivity index (χ1v) is 9.67. The summed E-state index contributed by atoms with van der Waals surface area (Å²) in [6, 6.07) is 18.1. The quantitative estimate of drug-likeness (QED) is 0.715. The summed E-state index contributed by atoms with van der Waals surface area (Å²) in [7, 11) is 0. The molecule has 29 heavy (non-hydrogen) atoms. The lowest BCUT2D eigenvalue weighted by Gasteiger charge is -2.22. The molecule has 0 aromatic heterocycles. The van der Waals surface area contributed by atoms with Gasteiger partial charge in [-0.2, -0.15) is 14.0 Å². The third-order valence-electron chi connectivity index (χ3n) is 5.21. The molecular weight excluding hydrogens is 376 g/mol. The second-order valence-corrected chi connectivity index (χ2v) is 7.22. The van der Waals surface area contributed by atoms with Gasteiger partial charge in [-0.05, 0) is 49.9 Å². The Morgan fingerprint density at radius 1 is 1.10 bits per heavy atom. The SMILES string of the molecule is N#CC1(NC(=O)C[NH2+][C@@H](c2ccccc2)c2ccc(OC(F)F)cc2)CCCC1. The minimum atomic E-state index is -2.87. The molecular formula is C22H24F2N3O2+. The van der Waals surface area contributed by atoms with Crippen LogP contribution < -0.4 is 15.4 Å². The van der Waals surface area contributed by atoms with E-state index < -0.39 is 12.2 Å². The van der Waals surface area contributed by atoms with Gasteiger partial charge in [-0.1, -0.05) is 30.3 Å². The van der Waals surface area contributed by atoms with E-state index in [1.165, 1.54) is 12.1 Å². The molecule has 0 aliphatic heterocycles. The average Bonchev–Trinajstić information content (AvgIpc) is 3.18. The topological polar surface area (TPSA) is 78.7 Å². The summed E-state index contributed by atoms with van der Waals surface area (Å²) < 4.78 is 29.2. The fourth-order valence-corrected chi connectivity index (χ4v) is 3.77. The van der Waals surface area contributed by atoms with Gasteiger partial charge in [0.15, 0.2) is 6.54 Å². The summed E-state index contributed by atoms with van der Waals surface area (Å²) in [5, 5.41) is 14.2. The molecule has 2 aromatic carbocycles. The van der Waals surface area contributed by atoms with Gasteiger partial charge >= 0.3 is 6.61 Å². The van der Waals surface area contributed by atoms with Gasteiger partial charge in [-0.3, -0.25) is 4.79 Å². The van der Waals surface area contributed by atoms with Crippen LogP contribution in [0.15, 0.2) is 54.6 Å². The van der Waals surface area contributed by atoms with E-state index in [1.807, 2.05) is 35.6 Å². The molecule has 1 aliphatic carbocycles. The van der Waals surface area contributed by atoms with Crippen molar-refractivity contribution < 1.29 is 23.6 Å². The highest BCUT2D eigenvalue weighted by Gasteiger charge is 2.35. The van der Waals surface area contributed by atoms with E-state index in [1.54, 1.807) is 12.1 Å². The molecule has 1 aliphatic rings. The van der Waals surface area contributed by atoms with E-state index in [4.69, 9.17) is 0 Å². The van der Waals surface area contributed by atoms with Crippen molar-refractivity contribution in [2.24, 2.45) is 0 Å². The van der Waals surface area contributed by atoms with Crippen LogP contribution in [-0.4, -0.2) is 24.6 Å². The van der Waals surface area contributed by atoms with Gasteiger partial charge in [0.1, 0.15) is 17.3 Å². The minimum absolute atomic E-state index is 0.0884. The molecule has 1 amide bonds. The highest BCUT2D eigenvalue weighted by Crippen LogP contribution is 2.28. The van der Waals surface area contributed by atoms with E-state index in [-0.39, 0.29) is 24.2 Å². The summed E-state index contributed by atoms with van der Waals surface area (Å²) in [5.74, 6) is -0.0995. The maximum atomic E-state index is 12.5. The Bertz CT molecular complexity index is 845. The Balaban J connectivity index is 1.71. The Kier molecular flexibility index (Phi) is 6.78. The lowest BCUT2D eigenvalue weighted by molar-refractivity contribution is -0.676. The number of nitrogens with two attached hydrogens (primary N) is 1. The monoisotopic (exact) mass is 400 g/mol. The molecule has 3 rings (SSSR count). The van der Waals surface area contributed by atoms with E-state index in [9.17, 15) is 18.8 Å². The Hall–Kier alpha value is -2.98. The normalized spacial score (nSPS) is 16.2. The Morgan fingerprint density at radius 3 is 2.31 bits per heavy atom. The van der Waals surface area contributed by atoms with Crippen LogP contribution in [0.2, 0.25) is 0 Å². The number of alkyl halides is 2. The van der Waals surface area contributed by atoms with Crippen LogP contribution in [0, 0.1) is 11.3 Å². The number of hydrogen-bond acceptors (Lipinski definition) is 3. The zero-order valence-electron chi connectivity index (χ0n) is 16.0. The number of carbonyl (C=O) groups excluding carboxylic acids is 1. The fourth-order valence-electron chi connectivity index (χ4n) is 3.77. The van der Waals surface area contributed by atoms with Gasteiger partial charge in [0.05, 0.1) is 6.07 Å². The van der Waals surface area contributed by atoms with Crippen molar-refractivity contribution in [2.75, 3.05) is 6.54 Å². The average molecular weight is 400 g/mol. The minimum Gasteiger partial charge on any atom is -0.435 e. The van der Waals surface area contributed by atoms with Gasteiger partial charge in [0.25, 0.3) is 5.91 Å². The molecule has 7 heteroatoms. The summed E-state index contributed by atoms with van der Waals surface area (Å²) in [4.78, 5) is 12.5. The van der Waals surface area contributed by atoms with E-state index in [0.29, 0.717) is 12.8 Å². The summed E-state index contributed by atoms with van der Waals surface area (Å²) >= 11 is 0. The number of quaternary nitrogens is 1. The summed E-state index contributed by atoms with van der Waals surface area (Å²) in [6.45, 7) is -2.72. The molecule has 0 radical (unpaired) electrons. The number of rotatable bonds is 8. The van der Waals surface area contributed by atoms with Crippen molar-refractivity contribution in [3.05, 3.63) is 65.7 Å². The van der Waals surface area contributed by atoms with Crippen molar-refractivity contribution in [1.29, 1.82) is 5.26 Å². The molecule has 0 saturated heterocycles. The summed E-state index contributed by atoms with van der Waals surface area (Å²) in [6.07, 6.45) is 3.25. The fraction of sp³-hybridized carbons (Fsp3) is 0.364. The molecule has 0 unspecified atom stereocenters. The maximum absolute atomic E-state index is 12.5. The number of nitriles is 1. The molecule has 1 saturated carbocycles. The molecule has 0 heterocycles. The molecule has 1 fully saturated rings. The van der Waals surface area contributed by atoms with Crippen LogP contribution in [0.5, 0.6) is 5.75 Å². The van der Waals surface area contributed by atoms with Gasteiger partial charge in [-0.15, -0.1) is 0 Å². The number of nitrogens with one attached hydrogen (secondary N) is 1. The van der Waals surface area contributed by atoms with Crippen molar-refractivity contribution in [1.82, 2.24) is 5.32 Å². The van der Waals surface area contributed by atoms with Crippen LogP contribution >= 0.6 is 0 Å². The van der Waals surface area contributed by atoms with E-state index >= 15 is 0 Å². The first-order chi connectivity index (χ1) is 14.0. The molecule has 0 spiro atoms. The molecule has 152 valence electrons. The van der Waals surface area contributed by atoms with Crippen LogP contribution in [-0.2, 0) is 4.79 Å². The van der Waals surface area contributed by atoms with Crippen molar-refractivity contribution >= 4 is 5.91 Å². The second kappa shape index (κ2) is 9.48. The molecule has 3 N–H and O–H groups in total. The van der Waals surface area contributed by atoms with Crippen LogP contribution in [0.3, 0.4) is 0 Å². The maximum Gasteiger partial charge on any atom is 0.387 e. The van der Waals surface area contributed by atoms with Crippen LogP contribution in [0.4, 0.5) is 8.78 Å². The summed E-state index contributed by atoms with van der Waals surface area (Å²) in [5.41, 5.74) is 1.10. The Labute approximate surface area is 168 Å². The number of benzene rings is 2. The van der Waals surface area contributed by atoms with Crippen molar-refractivity contribution in [3.8, 4) is 11.8 Å². The van der Waals surface area contributed by atoms with E-state index in [0.717, 1.165) is 24.0 Å². The third kappa shape index (κ3) is 5.52. The smallest absolute Gasteiger partial charge is 0.387 e. The highest BCUT2D eigenvalue weighted by molar-refractivity contribution is 5.78. The third-order valence-corrected chi connectivity index (χ3v) is 5.21. The zero-order valence-corrected chi connectivity index (χ0v) is 16.0. The van der Waals surface area contributed by atoms with Gasteiger partial charge < -0.3 is 15.4 Å². The largest absolute Gasteiger partial charge is 0.435 e. The van der Waals surface area contributed by atoms with Gasteiger partial charge in [0, 0.05) is 11.1 Å². The highest BCUT2D eigenvalue weighted by atomic mass is 19.3. The van der Waals surface area contributed by atoms with Gasteiger partial charge in [-0.25, -0.2) is 0 Å². The first kappa shape index (κ1) is 20.7. The standard InChI is InChI=1S/C22H23F2N3O2/c23-21(24)29-18-10-8-17(9-11-18)20(16-6-2-1-3-7-16)26-14-19(28)27-22(15-25)12-4-5-13-22/h1-3,6-11,20-21,26H,4-5,12-14H2,(H,27,28)/p+1/t20-/m0/s1. The number of nitrogens with zero attached hydrogens (tertiary/aromatic N) is 1. The number of amides is 1. The van der Waals surface area contributed by atoms with Crippen LogP contribution in [0.25, 0.3) is 0 Å². The van der Waals surface area contributed by atoms with Crippen molar-refractivity contribution in [3.63, 3.8) is 0 Å². The zero-order chi connectivity index (χ0) is 20.7. The number of hydrogen-bond donors (Lipinski definition) is 2. The molecule has 2 aromatic rings. The predicted octanol–water partition coefficient (Wildman–Crippen LogP) is 2.89. The van der Waals surface area contributed by atoms with E-state index in [2.05, 4.69) is 16.1 Å². The number of halogens is 2. The number of ether oxygens (including phenoxy) is 1. The van der Waals surface area contributed by atoms with Crippen LogP contribution in [0.1, 0.15) is 42.9 Å². The lowest BCUT2D eigenvalue weighted by atomic mass is 9.98. The number of carbonyl (C=O) groups is 1. The lowest BCUT2D eigenvalue weighted by Crippen LogP contribution is -2.88. The Morgan fingerprint density at radius 2 is 1.72 bits per heavy atom. The molecule has 0 bridgehead atoms. The molecule has 5 nitrogen and oxygen atoms in total. The first-order valence-electron chi connectivity index (χ1n) is 9.67. The predicted molar refractivity (Wildman–Crippen MR) is 103 cm³/mol. The van der Waals surface area contributed by atoms with Gasteiger partial charge in [0.2, 0.25) is 0 Å². The van der Waals surface area contributed by atoms with Crippen molar-refractivity contribution in [2.45, 2.75) is 43.9 Å². The second-order valence-electron chi connectivity index (χ2n) is 7.22.